The van der Waals surface area contributed by atoms with Crippen molar-refractivity contribution >= 4 is 5.91 Å². The zero-order chi connectivity index (χ0) is 20.6. The van der Waals surface area contributed by atoms with E-state index in [4.69, 9.17) is 14.2 Å². The molecule has 0 atom stereocenters. The standard InChI is InChI=1S/C22H31N3O4/c1-4-27-19-14-16(15-20(28-5-2)21(19)29-6-3)22(26)24-17-8-10-18(11-9-17)25-13-7-12-23-25/h7,12-15,17-18H,4-6,8-11H2,1-3H3,(H,24,26). The lowest BCUT2D eigenvalue weighted by atomic mass is 9.91. The fourth-order valence-electron chi connectivity index (χ4n) is 3.77. The van der Waals surface area contributed by atoms with Crippen LogP contribution in [0, 0.1) is 0 Å². The summed E-state index contributed by atoms with van der Waals surface area (Å²) in [7, 11) is 0. The van der Waals surface area contributed by atoms with Gasteiger partial charge in [0.25, 0.3) is 5.91 Å². The second-order valence-corrected chi connectivity index (χ2v) is 7.07. The maximum absolute atomic E-state index is 12.9. The van der Waals surface area contributed by atoms with Crippen molar-refractivity contribution in [2.75, 3.05) is 19.8 Å². The number of carbonyl (C=O) groups excluding carboxylic acids is 1. The first-order chi connectivity index (χ1) is 14.2. The molecule has 0 saturated heterocycles. The molecule has 1 aromatic carbocycles. The smallest absolute Gasteiger partial charge is 0.251 e. The van der Waals surface area contributed by atoms with Gasteiger partial charge in [0, 0.05) is 24.0 Å². The fourth-order valence-corrected chi connectivity index (χ4v) is 3.77. The lowest BCUT2D eigenvalue weighted by Gasteiger charge is -2.29. The Morgan fingerprint density at radius 3 is 2.17 bits per heavy atom. The third-order valence-corrected chi connectivity index (χ3v) is 5.10. The number of aromatic nitrogens is 2. The van der Waals surface area contributed by atoms with Crippen molar-refractivity contribution in [3.05, 3.63) is 36.2 Å². The van der Waals surface area contributed by atoms with Crippen molar-refractivity contribution in [3.8, 4) is 17.2 Å². The number of nitrogens with zero attached hydrogens (tertiary/aromatic N) is 2. The third-order valence-electron chi connectivity index (χ3n) is 5.10. The quantitative estimate of drug-likeness (QED) is 0.688. The molecule has 1 aliphatic carbocycles. The first-order valence-corrected chi connectivity index (χ1v) is 10.5. The molecule has 0 radical (unpaired) electrons. The molecule has 1 N–H and O–H groups in total. The van der Waals surface area contributed by atoms with E-state index < -0.39 is 0 Å². The second-order valence-electron chi connectivity index (χ2n) is 7.07. The van der Waals surface area contributed by atoms with Gasteiger partial charge in [-0.2, -0.15) is 5.10 Å². The Labute approximate surface area is 172 Å². The largest absolute Gasteiger partial charge is 0.490 e. The van der Waals surface area contributed by atoms with E-state index in [2.05, 4.69) is 10.4 Å². The molecule has 1 aliphatic rings. The highest BCUT2D eigenvalue weighted by atomic mass is 16.5. The zero-order valence-electron chi connectivity index (χ0n) is 17.5. The minimum Gasteiger partial charge on any atom is -0.490 e. The van der Waals surface area contributed by atoms with Gasteiger partial charge >= 0.3 is 0 Å². The first-order valence-electron chi connectivity index (χ1n) is 10.5. The van der Waals surface area contributed by atoms with Gasteiger partial charge in [0.2, 0.25) is 5.75 Å². The van der Waals surface area contributed by atoms with E-state index >= 15 is 0 Å². The minimum atomic E-state index is -0.113. The molecular formula is C22H31N3O4. The number of carbonyl (C=O) groups is 1. The number of rotatable bonds is 9. The maximum atomic E-state index is 12.9. The van der Waals surface area contributed by atoms with Gasteiger partial charge in [-0.1, -0.05) is 0 Å². The molecular weight excluding hydrogens is 370 g/mol. The summed E-state index contributed by atoms with van der Waals surface area (Å²) in [5, 5.41) is 7.51. The van der Waals surface area contributed by atoms with Crippen molar-refractivity contribution in [3.63, 3.8) is 0 Å². The summed E-state index contributed by atoms with van der Waals surface area (Å²) < 4.78 is 19.2. The van der Waals surface area contributed by atoms with Crippen LogP contribution in [0.2, 0.25) is 0 Å². The summed E-state index contributed by atoms with van der Waals surface area (Å²) in [6.07, 6.45) is 7.70. The van der Waals surface area contributed by atoms with Crippen LogP contribution in [0.25, 0.3) is 0 Å². The number of benzene rings is 1. The van der Waals surface area contributed by atoms with E-state index in [-0.39, 0.29) is 11.9 Å². The number of nitrogens with one attached hydrogen (secondary N) is 1. The molecule has 1 heterocycles. The Bertz CT molecular complexity index is 756. The van der Waals surface area contributed by atoms with Crippen molar-refractivity contribution < 1.29 is 19.0 Å². The van der Waals surface area contributed by atoms with Crippen LogP contribution in [0.15, 0.2) is 30.6 Å². The van der Waals surface area contributed by atoms with Crippen molar-refractivity contribution in [2.45, 2.75) is 58.5 Å². The lowest BCUT2D eigenvalue weighted by Crippen LogP contribution is -2.38. The van der Waals surface area contributed by atoms with Crippen molar-refractivity contribution in [2.24, 2.45) is 0 Å². The van der Waals surface area contributed by atoms with Crippen LogP contribution < -0.4 is 19.5 Å². The Hall–Kier alpha value is -2.70. The molecule has 0 aliphatic heterocycles. The molecule has 7 heteroatoms. The molecule has 0 spiro atoms. The number of hydrogen-bond acceptors (Lipinski definition) is 5. The van der Waals surface area contributed by atoms with Crippen molar-refractivity contribution in [1.82, 2.24) is 15.1 Å². The van der Waals surface area contributed by atoms with Gasteiger partial charge in [-0.25, -0.2) is 0 Å². The summed E-state index contributed by atoms with van der Waals surface area (Å²) in [5.74, 6) is 1.51. The summed E-state index contributed by atoms with van der Waals surface area (Å²) >= 11 is 0. The molecule has 1 amide bonds. The third kappa shape index (κ3) is 5.22. The van der Waals surface area contributed by atoms with Crippen LogP contribution in [-0.2, 0) is 0 Å². The van der Waals surface area contributed by atoms with Crippen LogP contribution in [0.4, 0.5) is 0 Å². The Morgan fingerprint density at radius 1 is 1.03 bits per heavy atom. The topological polar surface area (TPSA) is 74.6 Å². The molecule has 29 heavy (non-hydrogen) atoms. The summed E-state index contributed by atoms with van der Waals surface area (Å²) in [6, 6.07) is 6.00. The van der Waals surface area contributed by atoms with Gasteiger partial charge < -0.3 is 19.5 Å². The highest BCUT2D eigenvalue weighted by Crippen LogP contribution is 2.39. The number of amides is 1. The van der Waals surface area contributed by atoms with Crippen LogP contribution in [-0.4, -0.2) is 41.6 Å². The summed E-state index contributed by atoms with van der Waals surface area (Å²) in [5.41, 5.74) is 0.523. The molecule has 2 aromatic rings. The molecule has 0 unspecified atom stereocenters. The van der Waals surface area contributed by atoms with Gasteiger partial charge in [0.05, 0.1) is 25.9 Å². The van der Waals surface area contributed by atoms with Gasteiger partial charge in [-0.05, 0) is 64.7 Å². The molecule has 7 nitrogen and oxygen atoms in total. The molecule has 0 bridgehead atoms. The predicted molar refractivity (Wildman–Crippen MR) is 111 cm³/mol. The highest BCUT2D eigenvalue weighted by molar-refractivity contribution is 5.95. The fraction of sp³-hybridized carbons (Fsp3) is 0.545. The van der Waals surface area contributed by atoms with Crippen LogP contribution in [0.3, 0.4) is 0 Å². The Balaban J connectivity index is 1.69. The molecule has 1 fully saturated rings. The molecule has 158 valence electrons. The Kier molecular flexibility index (Phi) is 7.38. The zero-order valence-corrected chi connectivity index (χ0v) is 17.5. The van der Waals surface area contributed by atoms with Crippen LogP contribution in [0.1, 0.15) is 62.9 Å². The summed E-state index contributed by atoms with van der Waals surface area (Å²) in [6.45, 7) is 7.17. The maximum Gasteiger partial charge on any atom is 0.251 e. The Morgan fingerprint density at radius 2 is 1.66 bits per heavy atom. The average Bonchev–Trinajstić information content (AvgIpc) is 3.26. The second kappa shape index (κ2) is 10.2. The van der Waals surface area contributed by atoms with Gasteiger partial charge in [-0.15, -0.1) is 0 Å². The van der Waals surface area contributed by atoms with Gasteiger partial charge in [-0.3, -0.25) is 9.48 Å². The number of ether oxygens (including phenoxy) is 3. The minimum absolute atomic E-state index is 0.113. The van der Waals surface area contributed by atoms with E-state index in [9.17, 15) is 4.79 Å². The average molecular weight is 402 g/mol. The highest BCUT2D eigenvalue weighted by Gasteiger charge is 2.25. The molecule has 3 rings (SSSR count). The summed E-state index contributed by atoms with van der Waals surface area (Å²) in [4.78, 5) is 12.9. The van der Waals surface area contributed by atoms with E-state index in [0.29, 0.717) is 48.7 Å². The van der Waals surface area contributed by atoms with Crippen molar-refractivity contribution in [1.29, 1.82) is 0 Å². The van der Waals surface area contributed by atoms with Crippen LogP contribution >= 0.6 is 0 Å². The molecule has 1 aromatic heterocycles. The van der Waals surface area contributed by atoms with Gasteiger partial charge in [0.15, 0.2) is 11.5 Å². The first kappa shape index (κ1) is 21.0. The van der Waals surface area contributed by atoms with E-state index in [1.165, 1.54) is 0 Å². The monoisotopic (exact) mass is 401 g/mol. The SMILES string of the molecule is CCOc1cc(C(=O)NC2CCC(n3cccn3)CC2)cc(OCC)c1OCC. The molecule has 1 saturated carbocycles. The van der Waals surface area contributed by atoms with E-state index in [0.717, 1.165) is 25.7 Å². The van der Waals surface area contributed by atoms with Gasteiger partial charge in [0.1, 0.15) is 0 Å². The predicted octanol–water partition coefficient (Wildman–Crippen LogP) is 3.99. The van der Waals surface area contributed by atoms with Crippen LogP contribution in [0.5, 0.6) is 17.2 Å². The normalized spacial score (nSPS) is 18.9. The number of hydrogen-bond donors (Lipinski definition) is 1. The lowest BCUT2D eigenvalue weighted by molar-refractivity contribution is 0.0920. The van der Waals surface area contributed by atoms with E-state index in [1.54, 1.807) is 12.1 Å². The van der Waals surface area contributed by atoms with E-state index in [1.807, 2.05) is 43.9 Å².